The van der Waals surface area contributed by atoms with E-state index in [1.807, 2.05) is 12.4 Å². The molecule has 7 heteroatoms. The van der Waals surface area contributed by atoms with Gasteiger partial charge in [0.2, 0.25) is 0 Å². The highest BCUT2D eigenvalue weighted by Gasteiger charge is 2.45. The molecule has 1 aromatic heterocycles. The van der Waals surface area contributed by atoms with E-state index in [9.17, 15) is 0 Å². The van der Waals surface area contributed by atoms with E-state index in [2.05, 4.69) is 78.8 Å². The minimum atomic E-state index is -0.508. The van der Waals surface area contributed by atoms with Crippen molar-refractivity contribution >= 4 is 19.5 Å². The summed E-state index contributed by atoms with van der Waals surface area (Å²) in [6.45, 7) is 11.2. The molecule has 2 atom stereocenters. The Hall–Kier alpha value is -1.26. The van der Waals surface area contributed by atoms with Gasteiger partial charge in [-0.3, -0.25) is 4.90 Å². The van der Waals surface area contributed by atoms with E-state index in [4.69, 9.17) is 8.85 Å². The highest BCUT2D eigenvalue weighted by molar-refractivity contribution is 6.26. The second kappa shape index (κ2) is 10.2. The predicted octanol–water partition coefficient (Wildman–Crippen LogP) is 2.50. The van der Waals surface area contributed by atoms with E-state index in [0.717, 1.165) is 31.8 Å². The van der Waals surface area contributed by atoms with Crippen LogP contribution in [0.15, 0.2) is 42.7 Å². The van der Waals surface area contributed by atoms with Crippen molar-refractivity contribution in [3.8, 4) is 0 Å². The molecule has 3 rings (SSSR count). The molecule has 2 heterocycles. The molecule has 1 aliphatic rings. The quantitative estimate of drug-likeness (QED) is 0.428. The standard InChI is InChI=1S/C22H37N3O2Si2/c1-22(2,21(26-28-4)27-29-5)18-13-19(14-20-23-11-12-24(20)3)25(16-18)15-17-9-7-6-8-10-17/h6-12,18-19,21H,13-16,28-29H2,1-5H3/t18-,19+/m0/s1. The Morgan fingerprint density at radius 1 is 1.17 bits per heavy atom. The first kappa shape index (κ1) is 22.4. The highest BCUT2D eigenvalue weighted by atomic mass is 28.2. The van der Waals surface area contributed by atoms with E-state index in [-0.39, 0.29) is 11.7 Å². The number of likely N-dealkylation sites (tertiary alicyclic amines) is 1. The molecule has 1 fully saturated rings. The van der Waals surface area contributed by atoms with E-state index in [1.54, 1.807) is 0 Å². The van der Waals surface area contributed by atoms with Crippen LogP contribution in [-0.2, 0) is 28.9 Å². The van der Waals surface area contributed by atoms with Crippen molar-refractivity contribution in [3.05, 3.63) is 54.1 Å². The summed E-state index contributed by atoms with van der Waals surface area (Å²) in [4.78, 5) is 7.25. The highest BCUT2D eigenvalue weighted by Crippen LogP contribution is 2.42. The molecule has 1 saturated heterocycles. The van der Waals surface area contributed by atoms with Crippen LogP contribution in [0.4, 0.5) is 0 Å². The average molecular weight is 432 g/mol. The van der Waals surface area contributed by atoms with Crippen molar-refractivity contribution in [2.45, 2.75) is 58.7 Å². The van der Waals surface area contributed by atoms with Gasteiger partial charge in [-0.25, -0.2) is 4.98 Å². The summed E-state index contributed by atoms with van der Waals surface area (Å²) in [6.07, 6.45) is 6.05. The van der Waals surface area contributed by atoms with Gasteiger partial charge >= 0.3 is 0 Å². The smallest absolute Gasteiger partial charge is 0.161 e. The monoisotopic (exact) mass is 431 g/mol. The van der Waals surface area contributed by atoms with Crippen molar-refractivity contribution in [1.29, 1.82) is 0 Å². The molecular formula is C22H37N3O2Si2. The molecule has 0 amide bonds. The van der Waals surface area contributed by atoms with Crippen LogP contribution in [0, 0.1) is 11.3 Å². The SMILES string of the molecule is C[SiH2]OC(O[SiH2]C)C(C)(C)[C@H]1C[C@H](Cc2nccn2C)N(Cc2ccccc2)C1. The van der Waals surface area contributed by atoms with Crippen LogP contribution in [0.25, 0.3) is 0 Å². The van der Waals surface area contributed by atoms with E-state index < -0.39 is 19.5 Å². The van der Waals surface area contributed by atoms with Gasteiger partial charge in [0.25, 0.3) is 0 Å². The molecule has 0 unspecified atom stereocenters. The van der Waals surface area contributed by atoms with Crippen molar-refractivity contribution < 1.29 is 8.85 Å². The Bertz CT molecular complexity index is 748. The number of aryl methyl sites for hydroxylation is 1. The summed E-state index contributed by atoms with van der Waals surface area (Å²) in [6, 6.07) is 11.3. The Balaban J connectivity index is 1.80. The lowest BCUT2D eigenvalue weighted by atomic mass is 9.76. The number of nitrogens with zero attached hydrogens (tertiary/aromatic N) is 3. The summed E-state index contributed by atoms with van der Waals surface area (Å²) >= 11 is 0. The van der Waals surface area contributed by atoms with Gasteiger partial charge in [0, 0.05) is 50.4 Å². The number of benzene rings is 1. The van der Waals surface area contributed by atoms with Crippen LogP contribution < -0.4 is 0 Å². The largest absolute Gasteiger partial charge is 0.400 e. The second-order valence-corrected chi connectivity index (χ2v) is 10.5. The molecule has 0 N–H and O–H groups in total. The fourth-order valence-electron chi connectivity index (χ4n) is 4.52. The number of aromatic nitrogens is 2. The van der Waals surface area contributed by atoms with Gasteiger partial charge in [-0.1, -0.05) is 57.3 Å². The molecule has 29 heavy (non-hydrogen) atoms. The molecule has 0 saturated carbocycles. The molecular weight excluding hydrogens is 394 g/mol. The molecule has 5 nitrogen and oxygen atoms in total. The van der Waals surface area contributed by atoms with Crippen molar-refractivity contribution in [2.24, 2.45) is 18.4 Å². The van der Waals surface area contributed by atoms with Crippen LogP contribution in [0.3, 0.4) is 0 Å². The Morgan fingerprint density at radius 3 is 2.45 bits per heavy atom. The van der Waals surface area contributed by atoms with Crippen molar-refractivity contribution in [2.75, 3.05) is 6.54 Å². The average Bonchev–Trinajstić information content (AvgIpc) is 3.29. The molecule has 0 spiro atoms. The van der Waals surface area contributed by atoms with Crippen LogP contribution >= 0.6 is 0 Å². The second-order valence-electron chi connectivity index (χ2n) is 8.72. The minimum absolute atomic E-state index is 0.0113. The molecule has 1 aromatic carbocycles. The maximum absolute atomic E-state index is 6.19. The van der Waals surface area contributed by atoms with E-state index in [1.165, 1.54) is 5.56 Å². The minimum Gasteiger partial charge on any atom is -0.400 e. The maximum atomic E-state index is 6.19. The predicted molar refractivity (Wildman–Crippen MR) is 124 cm³/mol. The Labute approximate surface area is 180 Å². The van der Waals surface area contributed by atoms with Crippen LogP contribution in [0.2, 0.25) is 13.1 Å². The molecule has 0 radical (unpaired) electrons. The Morgan fingerprint density at radius 2 is 1.86 bits per heavy atom. The van der Waals surface area contributed by atoms with Crippen LogP contribution in [0.1, 0.15) is 31.7 Å². The lowest BCUT2D eigenvalue weighted by Gasteiger charge is -2.39. The molecule has 0 aliphatic carbocycles. The molecule has 1 aliphatic heterocycles. The maximum Gasteiger partial charge on any atom is 0.161 e. The van der Waals surface area contributed by atoms with Gasteiger partial charge in [0.05, 0.1) is 0 Å². The van der Waals surface area contributed by atoms with Gasteiger partial charge in [0.1, 0.15) is 12.1 Å². The fourth-order valence-corrected chi connectivity index (χ4v) is 6.37. The number of imidazole rings is 1. The Kier molecular flexibility index (Phi) is 7.87. The zero-order valence-corrected chi connectivity index (χ0v) is 21.5. The first-order valence-electron chi connectivity index (χ1n) is 10.9. The van der Waals surface area contributed by atoms with E-state index >= 15 is 0 Å². The van der Waals surface area contributed by atoms with E-state index in [0.29, 0.717) is 12.0 Å². The van der Waals surface area contributed by atoms with Gasteiger partial charge in [0.15, 0.2) is 19.5 Å². The van der Waals surface area contributed by atoms with Crippen LogP contribution in [-0.4, -0.2) is 52.9 Å². The normalized spacial score (nSPS) is 22.4. The zero-order valence-electron chi connectivity index (χ0n) is 18.7. The third-order valence-electron chi connectivity index (χ3n) is 6.39. The van der Waals surface area contributed by atoms with Crippen molar-refractivity contribution in [1.82, 2.24) is 14.5 Å². The number of hydrogen-bond acceptors (Lipinski definition) is 4. The number of hydrogen-bond donors (Lipinski definition) is 0. The summed E-state index contributed by atoms with van der Waals surface area (Å²) in [5.74, 6) is 1.71. The molecule has 160 valence electrons. The van der Waals surface area contributed by atoms with Crippen LogP contribution in [0.5, 0.6) is 0 Å². The molecule has 0 bridgehead atoms. The first-order chi connectivity index (χ1) is 14.0. The third-order valence-corrected chi connectivity index (χ3v) is 7.66. The first-order valence-corrected chi connectivity index (χ1v) is 14.9. The zero-order chi connectivity index (χ0) is 20.9. The summed E-state index contributed by atoms with van der Waals surface area (Å²) < 4.78 is 14.5. The summed E-state index contributed by atoms with van der Waals surface area (Å²) in [5.41, 5.74) is 1.39. The van der Waals surface area contributed by atoms with Gasteiger partial charge in [-0.05, 0) is 17.9 Å². The summed E-state index contributed by atoms with van der Waals surface area (Å²) in [7, 11) is 1.08. The van der Waals surface area contributed by atoms with Crippen molar-refractivity contribution in [3.63, 3.8) is 0 Å². The third kappa shape index (κ3) is 5.46. The molecule has 2 aromatic rings. The lowest BCUT2D eigenvalue weighted by molar-refractivity contribution is -0.103. The topological polar surface area (TPSA) is 39.5 Å². The van der Waals surface area contributed by atoms with Gasteiger partial charge in [-0.15, -0.1) is 0 Å². The number of rotatable bonds is 10. The lowest BCUT2D eigenvalue weighted by Crippen LogP contribution is -2.42. The van der Waals surface area contributed by atoms with Gasteiger partial charge < -0.3 is 13.4 Å². The fraction of sp³-hybridized carbons (Fsp3) is 0.591. The summed E-state index contributed by atoms with van der Waals surface area (Å²) in [5, 5.41) is 0. The van der Waals surface area contributed by atoms with Gasteiger partial charge in [-0.2, -0.15) is 0 Å².